The molecule has 1 aromatic heterocycles. The van der Waals surface area contributed by atoms with Crippen molar-refractivity contribution in [1.29, 1.82) is 0 Å². The molecule has 2 atom stereocenters. The number of rotatable bonds is 5. The third-order valence-corrected chi connectivity index (χ3v) is 3.14. The maximum absolute atomic E-state index is 10.8. The third kappa shape index (κ3) is 2.91. The van der Waals surface area contributed by atoms with Gasteiger partial charge in [-0.3, -0.25) is 0 Å². The summed E-state index contributed by atoms with van der Waals surface area (Å²) in [6, 6.07) is 6.17. The van der Waals surface area contributed by atoms with E-state index in [1.165, 1.54) is 6.07 Å². The summed E-state index contributed by atoms with van der Waals surface area (Å²) in [6.45, 7) is 0. The van der Waals surface area contributed by atoms with Crippen molar-refractivity contribution < 1.29 is 24.5 Å². The number of fused-ring (bicyclic) bond motifs is 1. The highest BCUT2D eigenvalue weighted by Gasteiger charge is 2.19. The fraction of sp³-hybridized carbons (Fsp3) is 0.308. The number of carboxylic acids is 1. The van der Waals surface area contributed by atoms with Gasteiger partial charge in [0.2, 0.25) is 5.76 Å². The van der Waals surface area contributed by atoms with E-state index in [-0.39, 0.29) is 5.76 Å². The van der Waals surface area contributed by atoms with E-state index in [1.807, 2.05) is 0 Å². The Morgan fingerprint density at radius 1 is 1.32 bits per heavy atom. The van der Waals surface area contributed by atoms with Crippen LogP contribution in [0.15, 0.2) is 28.7 Å². The van der Waals surface area contributed by atoms with Crippen molar-refractivity contribution >= 4 is 29.6 Å². The van der Waals surface area contributed by atoms with Crippen LogP contribution in [-0.2, 0) is 0 Å². The van der Waals surface area contributed by atoms with Gasteiger partial charge in [-0.15, -0.1) is 0 Å². The predicted molar refractivity (Wildman–Crippen MR) is 72.6 cm³/mol. The van der Waals surface area contributed by atoms with Gasteiger partial charge >= 0.3 is 5.97 Å². The summed E-state index contributed by atoms with van der Waals surface area (Å²) in [6.07, 6.45) is -1.56. The lowest BCUT2D eigenvalue weighted by Gasteiger charge is -2.17. The Bertz CT molecular complexity index is 592. The average molecular weight is 282 g/mol. The average Bonchev–Trinajstić information content (AvgIpc) is 2.81. The zero-order valence-corrected chi connectivity index (χ0v) is 10.9. The summed E-state index contributed by atoms with van der Waals surface area (Å²) in [5.41, 5.74) is 0.941. The smallest absolute Gasteiger partial charge is 0.371 e. The SMILES string of the molecule is O=C(O)c1cc2cc(C(O)C(O)CCS)ccc2o1. The Balaban J connectivity index is 2.32. The van der Waals surface area contributed by atoms with Crippen molar-refractivity contribution in [1.82, 2.24) is 0 Å². The number of aromatic carboxylic acids is 1. The molecule has 2 unspecified atom stereocenters. The van der Waals surface area contributed by atoms with Crippen molar-refractivity contribution in [3.8, 4) is 0 Å². The highest BCUT2D eigenvalue weighted by Crippen LogP contribution is 2.26. The molecule has 1 aromatic carbocycles. The van der Waals surface area contributed by atoms with Crippen molar-refractivity contribution in [3.05, 3.63) is 35.6 Å². The van der Waals surface area contributed by atoms with Crippen LogP contribution >= 0.6 is 12.6 Å². The largest absolute Gasteiger partial charge is 0.475 e. The zero-order valence-electron chi connectivity index (χ0n) is 9.98. The van der Waals surface area contributed by atoms with Crippen molar-refractivity contribution in [2.75, 3.05) is 5.75 Å². The Kier molecular flexibility index (Phi) is 4.14. The Morgan fingerprint density at radius 2 is 2.05 bits per heavy atom. The predicted octanol–water partition coefficient (Wildman–Crippen LogP) is 1.85. The minimum Gasteiger partial charge on any atom is -0.475 e. The molecule has 0 saturated heterocycles. The summed E-state index contributed by atoms with van der Waals surface area (Å²) in [4.78, 5) is 10.8. The molecule has 19 heavy (non-hydrogen) atoms. The molecule has 2 aromatic rings. The summed E-state index contributed by atoms with van der Waals surface area (Å²) in [5.74, 6) is -0.832. The topological polar surface area (TPSA) is 90.9 Å². The van der Waals surface area contributed by atoms with Gasteiger partial charge in [-0.25, -0.2) is 4.79 Å². The van der Waals surface area contributed by atoms with E-state index >= 15 is 0 Å². The first kappa shape index (κ1) is 13.9. The van der Waals surface area contributed by atoms with Crippen LogP contribution < -0.4 is 0 Å². The molecule has 102 valence electrons. The molecule has 5 nitrogen and oxygen atoms in total. The quantitative estimate of drug-likeness (QED) is 0.628. The number of carbonyl (C=O) groups is 1. The second-order valence-corrected chi connectivity index (χ2v) is 4.68. The first-order valence-corrected chi connectivity index (χ1v) is 6.40. The molecule has 0 aliphatic rings. The number of furan rings is 1. The van der Waals surface area contributed by atoms with E-state index in [9.17, 15) is 15.0 Å². The van der Waals surface area contributed by atoms with Gasteiger partial charge < -0.3 is 19.7 Å². The first-order chi connectivity index (χ1) is 9.02. The van der Waals surface area contributed by atoms with Crippen LogP contribution in [0.4, 0.5) is 0 Å². The standard InChI is InChI=1S/C13H14O5S/c14-9(3-4-19)12(15)7-1-2-10-8(5-7)6-11(18-10)13(16)17/h1-2,5-6,9,12,14-15,19H,3-4H2,(H,16,17). The fourth-order valence-corrected chi connectivity index (χ4v) is 2.13. The molecule has 0 spiro atoms. The van der Waals surface area contributed by atoms with Crippen LogP contribution in [0.5, 0.6) is 0 Å². The molecule has 2 rings (SSSR count). The van der Waals surface area contributed by atoms with Crippen molar-refractivity contribution in [3.63, 3.8) is 0 Å². The number of carboxylic acid groups (broad SMARTS) is 1. The minimum absolute atomic E-state index is 0.155. The van der Waals surface area contributed by atoms with Crippen LogP contribution in [0.2, 0.25) is 0 Å². The van der Waals surface area contributed by atoms with Gasteiger partial charge in [0.25, 0.3) is 0 Å². The van der Waals surface area contributed by atoms with Crippen LogP contribution in [-0.4, -0.2) is 33.1 Å². The highest BCUT2D eigenvalue weighted by molar-refractivity contribution is 7.80. The molecule has 0 saturated carbocycles. The van der Waals surface area contributed by atoms with Gasteiger partial charge in [-0.05, 0) is 35.9 Å². The fourth-order valence-electron chi connectivity index (χ4n) is 1.86. The number of hydrogen-bond acceptors (Lipinski definition) is 5. The highest BCUT2D eigenvalue weighted by atomic mass is 32.1. The molecular formula is C13H14O5S. The third-order valence-electron chi connectivity index (χ3n) is 2.88. The number of aliphatic hydroxyl groups is 2. The van der Waals surface area contributed by atoms with Crippen LogP contribution in [0.25, 0.3) is 11.0 Å². The van der Waals surface area contributed by atoms with E-state index in [0.29, 0.717) is 28.7 Å². The molecule has 6 heteroatoms. The number of hydrogen-bond donors (Lipinski definition) is 4. The molecule has 0 amide bonds. The van der Waals surface area contributed by atoms with Gasteiger partial charge in [-0.1, -0.05) is 6.07 Å². The van der Waals surface area contributed by atoms with Crippen LogP contribution in [0.1, 0.15) is 28.6 Å². The second kappa shape index (κ2) is 5.64. The lowest BCUT2D eigenvalue weighted by atomic mass is 10.0. The number of benzene rings is 1. The van der Waals surface area contributed by atoms with Gasteiger partial charge in [-0.2, -0.15) is 12.6 Å². The van der Waals surface area contributed by atoms with E-state index in [0.717, 1.165) is 0 Å². The molecule has 0 bridgehead atoms. The monoisotopic (exact) mass is 282 g/mol. The lowest BCUT2D eigenvalue weighted by Crippen LogP contribution is -2.18. The molecule has 0 aliphatic heterocycles. The molecular weight excluding hydrogens is 268 g/mol. The van der Waals surface area contributed by atoms with Crippen LogP contribution in [0.3, 0.4) is 0 Å². The zero-order chi connectivity index (χ0) is 14.0. The maximum Gasteiger partial charge on any atom is 0.371 e. The maximum atomic E-state index is 10.8. The van der Waals surface area contributed by atoms with Gasteiger partial charge in [0.1, 0.15) is 11.7 Å². The lowest BCUT2D eigenvalue weighted by molar-refractivity contribution is 0.0173. The Morgan fingerprint density at radius 3 is 2.68 bits per heavy atom. The Labute approximate surface area is 114 Å². The van der Waals surface area contributed by atoms with Crippen molar-refractivity contribution in [2.45, 2.75) is 18.6 Å². The Hall–Kier alpha value is -1.50. The minimum atomic E-state index is -1.14. The first-order valence-electron chi connectivity index (χ1n) is 5.76. The molecule has 0 fully saturated rings. The summed E-state index contributed by atoms with van der Waals surface area (Å²) in [7, 11) is 0. The molecule has 1 heterocycles. The summed E-state index contributed by atoms with van der Waals surface area (Å²) in [5, 5.41) is 29.1. The van der Waals surface area contributed by atoms with Gasteiger partial charge in [0.15, 0.2) is 0 Å². The second-order valence-electron chi connectivity index (χ2n) is 4.24. The summed E-state index contributed by atoms with van der Waals surface area (Å²) >= 11 is 4.00. The summed E-state index contributed by atoms with van der Waals surface area (Å²) < 4.78 is 5.12. The van der Waals surface area contributed by atoms with E-state index in [4.69, 9.17) is 9.52 Å². The van der Waals surface area contributed by atoms with Gasteiger partial charge in [0, 0.05) is 5.39 Å². The molecule has 3 N–H and O–H groups in total. The van der Waals surface area contributed by atoms with E-state index in [1.54, 1.807) is 18.2 Å². The van der Waals surface area contributed by atoms with Crippen molar-refractivity contribution in [2.24, 2.45) is 0 Å². The normalized spacial score (nSPS) is 14.5. The number of aliphatic hydroxyl groups excluding tert-OH is 2. The number of thiol groups is 1. The van der Waals surface area contributed by atoms with E-state index < -0.39 is 18.2 Å². The van der Waals surface area contributed by atoms with Crippen LogP contribution in [0, 0.1) is 0 Å². The molecule has 0 radical (unpaired) electrons. The molecule has 0 aliphatic carbocycles. The van der Waals surface area contributed by atoms with Gasteiger partial charge in [0.05, 0.1) is 6.10 Å². The van der Waals surface area contributed by atoms with E-state index in [2.05, 4.69) is 12.6 Å².